The van der Waals surface area contributed by atoms with Crippen LogP contribution in [0.15, 0.2) is 36.7 Å². The highest BCUT2D eigenvalue weighted by Crippen LogP contribution is 2.50. The van der Waals surface area contributed by atoms with Crippen LogP contribution in [0, 0.1) is 0 Å². The van der Waals surface area contributed by atoms with E-state index in [4.69, 9.17) is 16.7 Å². The zero-order chi connectivity index (χ0) is 14.9. The summed E-state index contributed by atoms with van der Waals surface area (Å²) in [6, 6.07) is 7.92. The number of aliphatic hydroxyl groups excluding tert-OH is 1. The fourth-order valence-electron chi connectivity index (χ4n) is 2.51. The molecule has 1 N–H and O–H groups in total. The van der Waals surface area contributed by atoms with Gasteiger partial charge >= 0.3 is 0 Å². The molecule has 21 heavy (non-hydrogen) atoms. The Labute approximate surface area is 127 Å². The molecule has 0 amide bonds. The highest BCUT2D eigenvalue weighted by atomic mass is 35.5. The molecule has 4 nitrogen and oxygen atoms in total. The molecule has 2 aromatic rings. The van der Waals surface area contributed by atoms with Crippen LogP contribution in [0.5, 0.6) is 0 Å². The third-order valence-corrected chi connectivity index (χ3v) is 4.23. The molecule has 0 bridgehead atoms. The first-order valence-electron chi connectivity index (χ1n) is 6.84. The van der Waals surface area contributed by atoms with Gasteiger partial charge in [-0.25, -0.2) is 9.97 Å². The van der Waals surface area contributed by atoms with Crippen molar-refractivity contribution < 1.29 is 9.90 Å². The fourth-order valence-corrected chi connectivity index (χ4v) is 2.63. The Hall–Kier alpha value is -1.78. The second-order valence-electron chi connectivity index (χ2n) is 5.43. The van der Waals surface area contributed by atoms with Crippen LogP contribution < -0.4 is 0 Å². The van der Waals surface area contributed by atoms with Gasteiger partial charge < -0.3 is 5.11 Å². The zero-order valence-corrected chi connectivity index (χ0v) is 12.2. The quantitative estimate of drug-likeness (QED) is 0.862. The summed E-state index contributed by atoms with van der Waals surface area (Å²) in [6.07, 6.45) is 5.94. The summed E-state index contributed by atoms with van der Waals surface area (Å²) in [6.45, 7) is -0.516. The van der Waals surface area contributed by atoms with Crippen LogP contribution in [0.3, 0.4) is 0 Å². The molecule has 0 atom stereocenters. The normalized spacial score (nSPS) is 15.7. The van der Waals surface area contributed by atoms with Crippen LogP contribution in [0.2, 0.25) is 5.02 Å². The van der Waals surface area contributed by atoms with Crippen molar-refractivity contribution in [3.8, 4) is 0 Å². The van der Waals surface area contributed by atoms with Crippen LogP contribution in [-0.2, 0) is 11.8 Å². The summed E-state index contributed by atoms with van der Waals surface area (Å²) in [4.78, 5) is 19.8. The second kappa shape index (κ2) is 5.54. The summed E-state index contributed by atoms with van der Waals surface area (Å²) in [5, 5.41) is 9.54. The maximum absolute atomic E-state index is 11.3. The third-order valence-electron chi connectivity index (χ3n) is 3.98. The van der Waals surface area contributed by atoms with Crippen LogP contribution in [0.1, 0.15) is 34.6 Å². The maximum atomic E-state index is 11.3. The molecule has 1 aliphatic rings. The number of rotatable bonds is 5. The van der Waals surface area contributed by atoms with E-state index in [-0.39, 0.29) is 11.2 Å². The fraction of sp³-hybridized carbons (Fsp3) is 0.312. The highest BCUT2D eigenvalue weighted by molar-refractivity contribution is 6.30. The lowest BCUT2D eigenvalue weighted by Crippen LogP contribution is -2.14. The zero-order valence-electron chi connectivity index (χ0n) is 11.4. The largest absolute Gasteiger partial charge is 0.388 e. The Morgan fingerprint density at radius 3 is 2.33 bits per heavy atom. The van der Waals surface area contributed by atoms with Crippen molar-refractivity contribution in [3.05, 3.63) is 58.6 Å². The first-order chi connectivity index (χ1) is 10.1. The molecule has 1 aromatic carbocycles. The van der Waals surface area contributed by atoms with E-state index in [1.807, 2.05) is 12.1 Å². The first kappa shape index (κ1) is 14.2. The molecule has 3 rings (SSSR count). The average Bonchev–Trinajstić information content (AvgIpc) is 3.28. The minimum absolute atomic E-state index is 0.104. The number of ketones is 1. The Kier molecular flexibility index (Phi) is 3.74. The van der Waals surface area contributed by atoms with Gasteiger partial charge in [0, 0.05) is 29.3 Å². The van der Waals surface area contributed by atoms with Crippen LogP contribution in [0.25, 0.3) is 0 Å². The molecule has 1 aliphatic carbocycles. The molecule has 108 valence electrons. The van der Waals surface area contributed by atoms with Crippen molar-refractivity contribution in [1.82, 2.24) is 9.97 Å². The van der Waals surface area contributed by atoms with Crippen molar-refractivity contribution in [2.45, 2.75) is 24.7 Å². The molecule has 1 saturated carbocycles. The summed E-state index contributed by atoms with van der Waals surface area (Å²) < 4.78 is 0. The number of hydrogen-bond donors (Lipinski definition) is 1. The summed E-state index contributed by atoms with van der Waals surface area (Å²) in [5.41, 5.74) is 1.70. The van der Waals surface area contributed by atoms with E-state index in [9.17, 15) is 4.79 Å². The van der Waals surface area contributed by atoms with Crippen molar-refractivity contribution in [3.63, 3.8) is 0 Å². The number of hydrogen-bond acceptors (Lipinski definition) is 4. The molecule has 5 heteroatoms. The van der Waals surface area contributed by atoms with E-state index in [2.05, 4.69) is 22.1 Å². The number of Topliss-reactive ketones (excluding diaryl/α,β-unsaturated/α-hetero) is 1. The topological polar surface area (TPSA) is 63.1 Å². The van der Waals surface area contributed by atoms with Gasteiger partial charge in [0.2, 0.25) is 0 Å². The standard InChI is InChI=1S/C16H15ClN2O2/c17-13-3-1-12(2-4-13)16(5-6-16)7-15-18-8-11(9-19-15)14(21)10-20/h1-4,8-9,20H,5-7,10H2. The molecule has 1 heterocycles. The number of carbonyl (C=O) groups excluding carboxylic acids is 1. The number of nitrogens with zero attached hydrogens (tertiary/aromatic N) is 2. The molecule has 0 aliphatic heterocycles. The first-order valence-corrected chi connectivity index (χ1v) is 7.22. The molecular formula is C16H15ClN2O2. The lowest BCUT2D eigenvalue weighted by atomic mass is 9.92. The third kappa shape index (κ3) is 2.96. The Morgan fingerprint density at radius 2 is 1.81 bits per heavy atom. The lowest BCUT2D eigenvalue weighted by molar-refractivity contribution is 0.0903. The predicted molar refractivity (Wildman–Crippen MR) is 79.5 cm³/mol. The molecule has 0 spiro atoms. The van der Waals surface area contributed by atoms with Gasteiger partial charge in [-0.2, -0.15) is 0 Å². The van der Waals surface area contributed by atoms with Gasteiger partial charge in [-0.3, -0.25) is 4.79 Å². The molecular weight excluding hydrogens is 288 g/mol. The van der Waals surface area contributed by atoms with Crippen LogP contribution in [0.4, 0.5) is 0 Å². The van der Waals surface area contributed by atoms with E-state index in [1.165, 1.54) is 18.0 Å². The van der Waals surface area contributed by atoms with Crippen molar-refractivity contribution in [2.24, 2.45) is 0 Å². The molecule has 1 fully saturated rings. The summed E-state index contributed by atoms with van der Waals surface area (Å²) in [5.74, 6) is 0.359. The van der Waals surface area contributed by atoms with Crippen LogP contribution >= 0.6 is 11.6 Å². The molecule has 0 unspecified atom stereocenters. The summed E-state index contributed by atoms with van der Waals surface area (Å²) >= 11 is 5.93. The van der Waals surface area contributed by atoms with E-state index in [1.54, 1.807) is 0 Å². The van der Waals surface area contributed by atoms with Crippen molar-refractivity contribution in [2.75, 3.05) is 6.61 Å². The summed E-state index contributed by atoms with van der Waals surface area (Å²) in [7, 11) is 0. The number of halogens is 1. The van der Waals surface area contributed by atoms with Gasteiger partial charge in [-0.1, -0.05) is 23.7 Å². The van der Waals surface area contributed by atoms with Crippen molar-refractivity contribution in [1.29, 1.82) is 0 Å². The van der Waals surface area contributed by atoms with E-state index >= 15 is 0 Å². The number of carbonyl (C=O) groups is 1. The van der Waals surface area contributed by atoms with Gasteiger partial charge in [0.1, 0.15) is 12.4 Å². The minimum atomic E-state index is -0.516. The minimum Gasteiger partial charge on any atom is -0.388 e. The molecule has 1 aromatic heterocycles. The predicted octanol–water partition coefficient (Wildman–Crippen LogP) is 2.58. The monoisotopic (exact) mass is 302 g/mol. The Balaban J connectivity index is 1.77. The maximum Gasteiger partial charge on any atom is 0.191 e. The molecule has 0 radical (unpaired) electrons. The number of aliphatic hydroxyl groups is 1. The number of aromatic nitrogens is 2. The van der Waals surface area contributed by atoms with Gasteiger partial charge in [0.15, 0.2) is 5.78 Å². The van der Waals surface area contributed by atoms with Gasteiger partial charge in [-0.05, 0) is 30.5 Å². The average molecular weight is 303 g/mol. The second-order valence-corrected chi connectivity index (χ2v) is 5.87. The Morgan fingerprint density at radius 1 is 1.19 bits per heavy atom. The van der Waals surface area contributed by atoms with Crippen molar-refractivity contribution >= 4 is 17.4 Å². The number of benzene rings is 1. The highest BCUT2D eigenvalue weighted by Gasteiger charge is 2.44. The van der Waals surface area contributed by atoms with Gasteiger partial charge in [0.05, 0.1) is 5.56 Å². The van der Waals surface area contributed by atoms with E-state index < -0.39 is 6.61 Å². The van der Waals surface area contributed by atoms with Gasteiger partial charge in [-0.15, -0.1) is 0 Å². The van der Waals surface area contributed by atoms with E-state index in [0.717, 1.165) is 30.1 Å². The van der Waals surface area contributed by atoms with E-state index in [0.29, 0.717) is 5.56 Å². The van der Waals surface area contributed by atoms with Gasteiger partial charge in [0.25, 0.3) is 0 Å². The Bertz CT molecular complexity index is 649. The molecule has 0 saturated heterocycles. The smallest absolute Gasteiger partial charge is 0.191 e. The van der Waals surface area contributed by atoms with Crippen LogP contribution in [-0.4, -0.2) is 27.5 Å². The SMILES string of the molecule is O=C(CO)c1cnc(CC2(c3ccc(Cl)cc3)CC2)nc1. The lowest BCUT2D eigenvalue weighted by Gasteiger charge is -2.14.